The highest BCUT2D eigenvalue weighted by atomic mass is 32.2. The van der Waals surface area contributed by atoms with Gasteiger partial charge in [-0.05, 0) is 44.2 Å². The molecule has 1 aromatic heterocycles. The first kappa shape index (κ1) is 22.1. The topological polar surface area (TPSA) is 57.5 Å². The van der Waals surface area contributed by atoms with E-state index in [4.69, 9.17) is 0 Å². The number of para-hydroxylation sites is 1. The number of piperidine rings is 1. The van der Waals surface area contributed by atoms with Crippen LogP contribution in [0.4, 0.5) is 5.69 Å². The van der Waals surface area contributed by atoms with Gasteiger partial charge in [-0.2, -0.15) is 0 Å². The second-order valence-corrected chi connectivity index (χ2v) is 9.53. The molecule has 1 atom stereocenters. The molecule has 0 aliphatic carbocycles. The van der Waals surface area contributed by atoms with Crippen LogP contribution in [0, 0.1) is 0 Å². The molecule has 4 rings (SSSR count). The van der Waals surface area contributed by atoms with Crippen LogP contribution in [0.2, 0.25) is 0 Å². The summed E-state index contributed by atoms with van der Waals surface area (Å²) in [6.07, 6.45) is 2.22. The van der Waals surface area contributed by atoms with Gasteiger partial charge >= 0.3 is 0 Å². The number of thioether (sulfide) groups is 1. The molecule has 0 saturated carbocycles. The number of carbonyl (C=O) groups is 1. The summed E-state index contributed by atoms with van der Waals surface area (Å²) in [4.78, 5) is 19.7. The van der Waals surface area contributed by atoms with Crippen molar-refractivity contribution in [2.24, 2.45) is 0 Å². The summed E-state index contributed by atoms with van der Waals surface area (Å²) in [6.45, 7) is 11.0. The quantitative estimate of drug-likeness (QED) is 0.615. The van der Waals surface area contributed by atoms with E-state index in [9.17, 15) is 4.79 Å². The van der Waals surface area contributed by atoms with Crippen molar-refractivity contribution in [3.8, 4) is 0 Å². The van der Waals surface area contributed by atoms with Crippen LogP contribution in [0.15, 0.2) is 35.5 Å². The molecular weight excluding hydrogens is 408 g/mol. The average Bonchev–Trinajstić information content (AvgIpc) is 3.23. The molecule has 168 valence electrons. The minimum atomic E-state index is 0.257. The zero-order chi connectivity index (χ0) is 21.6. The average molecular weight is 443 g/mol. The summed E-state index contributed by atoms with van der Waals surface area (Å²) in [5, 5.41) is 9.97. The molecule has 0 N–H and O–H groups in total. The molecule has 3 heterocycles. The van der Waals surface area contributed by atoms with Crippen LogP contribution >= 0.6 is 11.8 Å². The SMILES string of the molecule is CCSc1nnc([C@@H]2CCCN(CC(=O)N3CCN(c4ccccc4)CC3)C2)n1CC. The maximum absolute atomic E-state index is 13.0. The van der Waals surface area contributed by atoms with Gasteiger partial charge in [0.25, 0.3) is 0 Å². The Balaban J connectivity index is 1.31. The zero-order valence-corrected chi connectivity index (χ0v) is 19.6. The van der Waals surface area contributed by atoms with E-state index >= 15 is 0 Å². The van der Waals surface area contributed by atoms with Crippen molar-refractivity contribution in [1.82, 2.24) is 24.6 Å². The highest BCUT2D eigenvalue weighted by molar-refractivity contribution is 7.99. The fourth-order valence-corrected chi connectivity index (χ4v) is 5.42. The molecule has 31 heavy (non-hydrogen) atoms. The Morgan fingerprint density at radius 2 is 1.84 bits per heavy atom. The Bertz CT molecular complexity index is 849. The van der Waals surface area contributed by atoms with Crippen LogP contribution in [0.5, 0.6) is 0 Å². The Hall–Kier alpha value is -2.06. The molecule has 2 aliphatic rings. The van der Waals surface area contributed by atoms with Crippen molar-refractivity contribution in [2.45, 2.75) is 44.3 Å². The molecule has 2 saturated heterocycles. The van der Waals surface area contributed by atoms with Crippen molar-refractivity contribution < 1.29 is 4.79 Å². The Labute approximate surface area is 189 Å². The molecule has 0 unspecified atom stereocenters. The standard InChI is InChI=1S/C23H34N6OS/c1-3-29-22(24-25-23(29)31-4-2)19-9-8-12-26(17-19)18-21(30)28-15-13-27(14-16-28)20-10-6-5-7-11-20/h5-7,10-11,19H,3-4,8-9,12-18H2,1-2H3/t19-/m1/s1. The second kappa shape index (κ2) is 10.5. The van der Waals surface area contributed by atoms with Crippen molar-refractivity contribution in [1.29, 1.82) is 0 Å². The van der Waals surface area contributed by atoms with Gasteiger partial charge in [0, 0.05) is 50.9 Å². The first-order valence-corrected chi connectivity index (χ1v) is 12.5. The monoisotopic (exact) mass is 442 g/mol. The predicted molar refractivity (Wildman–Crippen MR) is 126 cm³/mol. The van der Waals surface area contributed by atoms with Crippen LogP contribution in [0.25, 0.3) is 0 Å². The first-order chi connectivity index (χ1) is 15.2. The Morgan fingerprint density at radius 3 is 2.55 bits per heavy atom. The fraction of sp³-hybridized carbons (Fsp3) is 0.609. The highest BCUT2D eigenvalue weighted by Gasteiger charge is 2.29. The van der Waals surface area contributed by atoms with Gasteiger partial charge in [-0.25, -0.2) is 0 Å². The smallest absolute Gasteiger partial charge is 0.236 e. The van der Waals surface area contributed by atoms with Crippen LogP contribution in [-0.2, 0) is 11.3 Å². The third-order valence-corrected chi connectivity index (χ3v) is 7.17. The molecular formula is C23H34N6OS. The number of hydrogen-bond donors (Lipinski definition) is 0. The number of hydrogen-bond acceptors (Lipinski definition) is 6. The van der Waals surface area contributed by atoms with Crippen LogP contribution in [0.1, 0.15) is 38.4 Å². The third-order valence-electron chi connectivity index (χ3n) is 6.32. The van der Waals surface area contributed by atoms with E-state index in [1.54, 1.807) is 11.8 Å². The number of anilines is 1. The molecule has 2 aromatic rings. The van der Waals surface area contributed by atoms with Gasteiger partial charge in [0.15, 0.2) is 5.16 Å². The lowest BCUT2D eigenvalue weighted by Crippen LogP contribution is -2.52. The van der Waals surface area contributed by atoms with E-state index in [0.29, 0.717) is 12.5 Å². The van der Waals surface area contributed by atoms with E-state index in [-0.39, 0.29) is 5.91 Å². The largest absolute Gasteiger partial charge is 0.368 e. The highest BCUT2D eigenvalue weighted by Crippen LogP contribution is 2.28. The van der Waals surface area contributed by atoms with Crippen LogP contribution < -0.4 is 4.90 Å². The Kier molecular flexibility index (Phi) is 7.50. The summed E-state index contributed by atoms with van der Waals surface area (Å²) >= 11 is 1.75. The van der Waals surface area contributed by atoms with Gasteiger partial charge in [-0.1, -0.05) is 36.9 Å². The lowest BCUT2D eigenvalue weighted by molar-refractivity contribution is -0.133. The first-order valence-electron chi connectivity index (χ1n) is 11.6. The molecule has 1 amide bonds. The normalized spacial score (nSPS) is 20.3. The molecule has 2 aliphatic heterocycles. The predicted octanol–water partition coefficient (Wildman–Crippen LogP) is 2.94. The van der Waals surface area contributed by atoms with E-state index in [2.05, 4.69) is 62.7 Å². The number of nitrogens with zero attached hydrogens (tertiary/aromatic N) is 6. The zero-order valence-electron chi connectivity index (χ0n) is 18.7. The van der Waals surface area contributed by atoms with Gasteiger partial charge in [0.2, 0.25) is 5.91 Å². The number of benzene rings is 1. The van der Waals surface area contributed by atoms with E-state index in [1.807, 2.05) is 11.0 Å². The van der Waals surface area contributed by atoms with Gasteiger partial charge in [0.1, 0.15) is 5.82 Å². The summed E-state index contributed by atoms with van der Waals surface area (Å²) in [5.74, 6) is 2.70. The van der Waals surface area contributed by atoms with Crippen molar-refractivity contribution in [2.75, 3.05) is 56.5 Å². The number of aromatic nitrogens is 3. The number of likely N-dealkylation sites (tertiary alicyclic amines) is 1. The minimum Gasteiger partial charge on any atom is -0.368 e. The summed E-state index contributed by atoms with van der Waals surface area (Å²) in [5.41, 5.74) is 1.24. The van der Waals surface area contributed by atoms with Gasteiger partial charge in [-0.3, -0.25) is 9.69 Å². The third kappa shape index (κ3) is 5.23. The van der Waals surface area contributed by atoms with Crippen molar-refractivity contribution in [3.05, 3.63) is 36.2 Å². The van der Waals surface area contributed by atoms with Crippen molar-refractivity contribution in [3.63, 3.8) is 0 Å². The van der Waals surface area contributed by atoms with Gasteiger partial charge in [0.05, 0.1) is 6.54 Å². The Morgan fingerprint density at radius 1 is 1.06 bits per heavy atom. The molecule has 8 heteroatoms. The molecule has 0 spiro atoms. The lowest BCUT2D eigenvalue weighted by Gasteiger charge is -2.38. The van der Waals surface area contributed by atoms with E-state index in [0.717, 1.165) is 75.4 Å². The second-order valence-electron chi connectivity index (χ2n) is 8.30. The van der Waals surface area contributed by atoms with E-state index < -0.39 is 0 Å². The van der Waals surface area contributed by atoms with Crippen LogP contribution in [0.3, 0.4) is 0 Å². The minimum absolute atomic E-state index is 0.257. The van der Waals surface area contributed by atoms with E-state index in [1.165, 1.54) is 5.69 Å². The lowest BCUT2D eigenvalue weighted by atomic mass is 9.97. The molecule has 1 aromatic carbocycles. The maximum atomic E-state index is 13.0. The maximum Gasteiger partial charge on any atom is 0.236 e. The fourth-order valence-electron chi connectivity index (χ4n) is 4.69. The molecule has 0 bridgehead atoms. The summed E-state index contributed by atoms with van der Waals surface area (Å²) < 4.78 is 2.26. The summed E-state index contributed by atoms with van der Waals surface area (Å²) in [7, 11) is 0. The number of amides is 1. The number of piperazine rings is 1. The molecule has 7 nitrogen and oxygen atoms in total. The van der Waals surface area contributed by atoms with Gasteiger partial charge in [-0.15, -0.1) is 10.2 Å². The number of carbonyl (C=O) groups excluding carboxylic acids is 1. The number of rotatable bonds is 7. The van der Waals surface area contributed by atoms with Crippen molar-refractivity contribution >= 4 is 23.4 Å². The van der Waals surface area contributed by atoms with Gasteiger partial charge < -0.3 is 14.4 Å². The molecule has 2 fully saturated rings. The summed E-state index contributed by atoms with van der Waals surface area (Å²) in [6, 6.07) is 10.5. The molecule has 0 radical (unpaired) electrons. The van der Waals surface area contributed by atoms with Crippen LogP contribution in [-0.4, -0.2) is 82.0 Å².